The predicted molar refractivity (Wildman–Crippen MR) is 116 cm³/mol. The quantitative estimate of drug-likeness (QED) is 0.480. The van der Waals surface area contributed by atoms with Crippen LogP contribution in [0.1, 0.15) is 51.8 Å². The Morgan fingerprint density at radius 2 is 1.66 bits per heavy atom. The Balaban J connectivity index is 2.14. The van der Waals surface area contributed by atoms with Crippen LogP contribution >= 0.6 is 11.9 Å². The first kappa shape index (κ1) is 23.6. The minimum Gasteiger partial charge on any atom is -0.497 e. The normalized spacial score (nSPS) is 13.4. The third kappa shape index (κ3) is 7.28. The van der Waals surface area contributed by atoms with Gasteiger partial charge in [-0.3, -0.25) is 4.72 Å². The smallest absolute Gasteiger partial charge is 0.128 e. The lowest BCUT2D eigenvalue weighted by Gasteiger charge is -2.36. The van der Waals surface area contributed by atoms with Crippen LogP contribution in [0.5, 0.6) is 5.75 Å². The molecule has 0 amide bonds. The van der Waals surface area contributed by atoms with E-state index in [0.717, 1.165) is 17.4 Å². The van der Waals surface area contributed by atoms with Crippen molar-refractivity contribution >= 4 is 11.9 Å². The number of hydrogen-bond donors (Lipinski definition) is 1. The maximum absolute atomic E-state index is 14.6. The van der Waals surface area contributed by atoms with E-state index >= 15 is 0 Å². The molecule has 0 radical (unpaired) electrons. The molecule has 0 saturated heterocycles. The van der Waals surface area contributed by atoms with E-state index in [9.17, 15) is 8.78 Å². The molecule has 1 unspecified atom stereocenters. The number of ether oxygens (including phenoxy) is 2. The Bertz CT molecular complexity index is 788. The van der Waals surface area contributed by atoms with E-state index in [1.807, 2.05) is 38.1 Å². The molecule has 6 heteroatoms. The van der Waals surface area contributed by atoms with Crippen LogP contribution in [0.25, 0.3) is 0 Å². The summed E-state index contributed by atoms with van der Waals surface area (Å²) in [7, 11) is 1.63. The zero-order valence-electron chi connectivity index (χ0n) is 18.0. The van der Waals surface area contributed by atoms with Crippen molar-refractivity contribution in [2.45, 2.75) is 52.0 Å². The minimum atomic E-state index is -0.487. The van der Waals surface area contributed by atoms with E-state index in [4.69, 9.17) is 9.47 Å². The molecule has 3 nitrogen and oxygen atoms in total. The van der Waals surface area contributed by atoms with E-state index in [0.29, 0.717) is 18.8 Å². The highest BCUT2D eigenvalue weighted by molar-refractivity contribution is 7.98. The average Bonchev–Trinajstić information content (AvgIpc) is 2.64. The van der Waals surface area contributed by atoms with Crippen molar-refractivity contribution in [1.29, 1.82) is 0 Å². The van der Waals surface area contributed by atoms with E-state index < -0.39 is 23.1 Å². The monoisotopic (exact) mass is 423 g/mol. The van der Waals surface area contributed by atoms with Gasteiger partial charge in [-0.25, -0.2) is 8.78 Å². The largest absolute Gasteiger partial charge is 0.497 e. The van der Waals surface area contributed by atoms with Gasteiger partial charge in [-0.15, -0.1) is 0 Å². The molecule has 0 fully saturated rings. The third-order valence-electron chi connectivity index (χ3n) is 4.44. The molecular weight excluding hydrogens is 392 g/mol. The molecular formula is C23H31F2NO2S. The number of benzene rings is 2. The lowest BCUT2D eigenvalue weighted by molar-refractivity contribution is 0.0347. The molecule has 0 aromatic heterocycles. The summed E-state index contributed by atoms with van der Waals surface area (Å²) in [4.78, 5) is 0. The maximum Gasteiger partial charge on any atom is 0.128 e. The maximum atomic E-state index is 14.6. The Kier molecular flexibility index (Phi) is 8.09. The number of halogens is 2. The number of methoxy groups -OCH3 is 1. The van der Waals surface area contributed by atoms with Crippen molar-refractivity contribution < 1.29 is 18.3 Å². The Morgan fingerprint density at radius 3 is 2.24 bits per heavy atom. The highest BCUT2D eigenvalue weighted by atomic mass is 32.2. The van der Waals surface area contributed by atoms with Crippen LogP contribution in [-0.4, -0.2) is 18.5 Å². The van der Waals surface area contributed by atoms with Gasteiger partial charge in [0.1, 0.15) is 17.4 Å². The SMILES string of the molecule is COc1ccc(COCC(C)(C)C(NSC(C)(C)C)c2cc(F)ccc2F)cc1. The van der Waals surface area contributed by atoms with Crippen LogP contribution in [0.3, 0.4) is 0 Å². The fourth-order valence-corrected chi connectivity index (χ4v) is 3.77. The summed E-state index contributed by atoms with van der Waals surface area (Å²) >= 11 is 1.50. The zero-order chi connectivity index (χ0) is 21.7. The molecule has 0 spiro atoms. The van der Waals surface area contributed by atoms with Crippen LogP contribution in [0.2, 0.25) is 0 Å². The van der Waals surface area contributed by atoms with Crippen LogP contribution in [0, 0.1) is 17.0 Å². The fourth-order valence-electron chi connectivity index (χ4n) is 2.85. The van der Waals surface area contributed by atoms with Gasteiger partial charge in [0.15, 0.2) is 0 Å². The van der Waals surface area contributed by atoms with Crippen molar-refractivity contribution in [2.75, 3.05) is 13.7 Å². The second-order valence-corrected chi connectivity index (χ2v) is 10.4. The summed E-state index contributed by atoms with van der Waals surface area (Å²) in [6, 6.07) is 10.8. The highest BCUT2D eigenvalue weighted by Gasteiger charge is 2.34. The molecule has 1 N–H and O–H groups in total. The van der Waals surface area contributed by atoms with E-state index in [2.05, 4.69) is 25.5 Å². The van der Waals surface area contributed by atoms with Gasteiger partial charge in [-0.1, -0.05) is 37.9 Å². The van der Waals surface area contributed by atoms with Crippen molar-refractivity contribution in [2.24, 2.45) is 5.41 Å². The van der Waals surface area contributed by atoms with Crippen LogP contribution in [-0.2, 0) is 11.3 Å². The van der Waals surface area contributed by atoms with Crippen LogP contribution in [0.4, 0.5) is 8.78 Å². The standard InChI is InChI=1S/C23H31F2NO2S/c1-22(2,3)29-26-21(19-13-17(24)9-12-20(19)25)23(4,5)15-28-14-16-7-10-18(27-6)11-8-16/h7-13,21,26H,14-15H2,1-6H3. The molecule has 2 aromatic carbocycles. The molecule has 0 aliphatic carbocycles. The number of rotatable bonds is 9. The van der Waals surface area contributed by atoms with E-state index in [1.54, 1.807) is 7.11 Å². The summed E-state index contributed by atoms with van der Waals surface area (Å²) in [6.45, 7) is 11.0. The van der Waals surface area contributed by atoms with Gasteiger partial charge >= 0.3 is 0 Å². The van der Waals surface area contributed by atoms with Crippen molar-refractivity contribution in [3.8, 4) is 5.75 Å². The van der Waals surface area contributed by atoms with Gasteiger partial charge in [0.25, 0.3) is 0 Å². The molecule has 29 heavy (non-hydrogen) atoms. The van der Waals surface area contributed by atoms with Crippen LogP contribution in [0.15, 0.2) is 42.5 Å². The minimum absolute atomic E-state index is 0.0813. The highest BCUT2D eigenvalue weighted by Crippen LogP contribution is 2.38. The molecule has 0 aliphatic heterocycles. The Hall–Kier alpha value is -1.63. The number of nitrogens with one attached hydrogen (secondary N) is 1. The lowest BCUT2D eigenvalue weighted by atomic mass is 9.81. The summed E-state index contributed by atoms with van der Waals surface area (Å²) in [5, 5.41) is 0. The van der Waals surface area contributed by atoms with Gasteiger partial charge in [0.05, 0.1) is 26.4 Å². The van der Waals surface area contributed by atoms with Gasteiger partial charge in [0.2, 0.25) is 0 Å². The first-order chi connectivity index (χ1) is 13.5. The van der Waals surface area contributed by atoms with Crippen molar-refractivity contribution in [3.63, 3.8) is 0 Å². The van der Waals surface area contributed by atoms with Gasteiger partial charge in [0, 0.05) is 15.7 Å². The summed E-state index contributed by atoms with van der Waals surface area (Å²) < 4.78 is 42.8. The molecule has 0 heterocycles. The summed E-state index contributed by atoms with van der Waals surface area (Å²) in [5.74, 6) is -0.0929. The Morgan fingerprint density at radius 1 is 1.00 bits per heavy atom. The zero-order valence-corrected chi connectivity index (χ0v) is 18.8. The average molecular weight is 424 g/mol. The second-order valence-electron chi connectivity index (χ2n) is 8.76. The van der Waals surface area contributed by atoms with Gasteiger partial charge < -0.3 is 9.47 Å². The van der Waals surface area contributed by atoms with Gasteiger partial charge in [-0.05, 0) is 56.7 Å². The lowest BCUT2D eigenvalue weighted by Crippen LogP contribution is -2.37. The first-order valence-electron chi connectivity index (χ1n) is 9.61. The molecule has 2 aromatic rings. The molecule has 0 aliphatic rings. The molecule has 0 bridgehead atoms. The topological polar surface area (TPSA) is 30.5 Å². The predicted octanol–water partition coefficient (Wildman–Crippen LogP) is 6.29. The molecule has 0 saturated carbocycles. The van der Waals surface area contributed by atoms with Crippen molar-refractivity contribution in [1.82, 2.24) is 4.72 Å². The fraction of sp³-hybridized carbons (Fsp3) is 0.478. The molecule has 2 rings (SSSR count). The first-order valence-corrected chi connectivity index (χ1v) is 10.4. The number of hydrogen-bond acceptors (Lipinski definition) is 4. The second kappa shape index (κ2) is 9.92. The van der Waals surface area contributed by atoms with Gasteiger partial charge in [-0.2, -0.15) is 0 Å². The summed E-state index contributed by atoms with van der Waals surface area (Å²) in [6.07, 6.45) is 0. The summed E-state index contributed by atoms with van der Waals surface area (Å²) in [5.41, 5.74) is 0.839. The van der Waals surface area contributed by atoms with Crippen molar-refractivity contribution in [3.05, 3.63) is 65.2 Å². The van der Waals surface area contributed by atoms with Crippen LogP contribution < -0.4 is 9.46 Å². The molecule has 160 valence electrons. The van der Waals surface area contributed by atoms with E-state index in [-0.39, 0.29) is 4.75 Å². The Labute approximate surface area is 177 Å². The molecule has 1 atom stereocenters. The third-order valence-corrected chi connectivity index (χ3v) is 5.40. The van der Waals surface area contributed by atoms with E-state index in [1.165, 1.54) is 24.1 Å².